The first-order chi connectivity index (χ1) is 13.8. The number of fused-ring (bicyclic) bond motifs is 1. The van der Waals surface area contributed by atoms with E-state index in [1.54, 1.807) is 10.6 Å². The molecule has 0 amide bonds. The van der Waals surface area contributed by atoms with Crippen LogP contribution in [0.15, 0.2) is 25.0 Å². The zero-order valence-electron chi connectivity index (χ0n) is 17.2. The van der Waals surface area contributed by atoms with Crippen molar-refractivity contribution >= 4 is 17.5 Å². The van der Waals surface area contributed by atoms with E-state index in [0.717, 1.165) is 28.3 Å². The molecular formula is C21H25N5O3. The number of carbonyl (C=O) groups excluding carboxylic acids is 2. The van der Waals surface area contributed by atoms with Crippen molar-refractivity contribution in [2.45, 2.75) is 47.1 Å². The third kappa shape index (κ3) is 4.11. The van der Waals surface area contributed by atoms with Crippen molar-refractivity contribution in [3.63, 3.8) is 0 Å². The second kappa shape index (κ2) is 8.38. The summed E-state index contributed by atoms with van der Waals surface area (Å²) in [6, 6.07) is 1.82. The van der Waals surface area contributed by atoms with E-state index >= 15 is 0 Å². The van der Waals surface area contributed by atoms with Crippen molar-refractivity contribution in [1.82, 2.24) is 24.1 Å². The van der Waals surface area contributed by atoms with E-state index in [1.807, 2.05) is 38.3 Å². The summed E-state index contributed by atoms with van der Waals surface area (Å²) in [5, 5.41) is 4.14. The van der Waals surface area contributed by atoms with Gasteiger partial charge in [0.15, 0.2) is 6.61 Å². The van der Waals surface area contributed by atoms with Crippen LogP contribution < -0.4 is 0 Å². The number of allylic oxidation sites excluding steroid dienone is 1. The highest BCUT2D eigenvalue weighted by molar-refractivity contribution is 5.99. The minimum absolute atomic E-state index is 0.159. The van der Waals surface area contributed by atoms with E-state index < -0.39 is 5.97 Å². The number of aromatic nitrogens is 5. The second-order valence-electron chi connectivity index (χ2n) is 7.00. The molecule has 8 heteroatoms. The summed E-state index contributed by atoms with van der Waals surface area (Å²) >= 11 is 0. The lowest BCUT2D eigenvalue weighted by atomic mass is 10.1. The summed E-state index contributed by atoms with van der Waals surface area (Å²) in [5.41, 5.74) is 5.02. The van der Waals surface area contributed by atoms with Gasteiger partial charge in [0.25, 0.3) is 5.78 Å². The molecular weight excluding hydrogens is 370 g/mol. The molecule has 0 aliphatic carbocycles. The predicted molar refractivity (Wildman–Crippen MR) is 108 cm³/mol. The Morgan fingerprint density at radius 3 is 2.69 bits per heavy atom. The van der Waals surface area contributed by atoms with Gasteiger partial charge in [0.1, 0.15) is 6.33 Å². The molecule has 3 aromatic heterocycles. The van der Waals surface area contributed by atoms with Gasteiger partial charge in [-0.3, -0.25) is 9.59 Å². The first-order valence-electron chi connectivity index (χ1n) is 9.45. The summed E-state index contributed by atoms with van der Waals surface area (Å²) in [6.07, 6.45) is 3.85. The van der Waals surface area contributed by atoms with Gasteiger partial charge in [-0.05, 0) is 45.7 Å². The van der Waals surface area contributed by atoms with Gasteiger partial charge in [-0.2, -0.15) is 10.1 Å². The topological polar surface area (TPSA) is 91.4 Å². The highest BCUT2D eigenvalue weighted by Crippen LogP contribution is 2.17. The van der Waals surface area contributed by atoms with Crippen molar-refractivity contribution < 1.29 is 14.3 Å². The standard InChI is InChI=1S/C21H25N5O3/c1-6-9-25-13(2)10-18(15(25)4)19(27)11-29-20(28)8-7-17-14(3)24-21-22-12-23-26(21)16(17)5/h6,10,12H,1,7-9,11H2,2-5H3. The number of hydrogen-bond donors (Lipinski definition) is 0. The summed E-state index contributed by atoms with van der Waals surface area (Å²) in [5.74, 6) is -0.0958. The highest BCUT2D eigenvalue weighted by Gasteiger charge is 2.18. The van der Waals surface area contributed by atoms with Gasteiger partial charge in [0.2, 0.25) is 5.78 Å². The van der Waals surface area contributed by atoms with Crippen molar-refractivity contribution in [3.05, 3.63) is 59.0 Å². The number of esters is 1. The highest BCUT2D eigenvalue weighted by atomic mass is 16.5. The first kappa shape index (κ1) is 20.4. The maximum absolute atomic E-state index is 12.5. The smallest absolute Gasteiger partial charge is 0.306 e. The number of aryl methyl sites for hydroxylation is 3. The average Bonchev–Trinajstić information content (AvgIpc) is 3.26. The second-order valence-corrected chi connectivity index (χ2v) is 7.00. The van der Waals surface area contributed by atoms with E-state index in [2.05, 4.69) is 21.6 Å². The van der Waals surface area contributed by atoms with E-state index in [0.29, 0.717) is 24.3 Å². The molecule has 152 valence electrons. The summed E-state index contributed by atoms with van der Waals surface area (Å²) in [7, 11) is 0. The molecule has 0 atom stereocenters. The third-order valence-electron chi connectivity index (χ3n) is 5.12. The number of carbonyl (C=O) groups is 2. The van der Waals surface area contributed by atoms with Crippen molar-refractivity contribution in [2.75, 3.05) is 6.61 Å². The van der Waals surface area contributed by atoms with Crippen molar-refractivity contribution in [2.24, 2.45) is 0 Å². The Bertz CT molecular complexity index is 1090. The maximum atomic E-state index is 12.5. The van der Waals surface area contributed by atoms with Crippen LogP contribution in [0, 0.1) is 27.7 Å². The lowest BCUT2D eigenvalue weighted by Crippen LogP contribution is -2.16. The molecule has 29 heavy (non-hydrogen) atoms. The SMILES string of the molecule is C=CCn1c(C)cc(C(=O)COC(=O)CCc2c(C)nc3ncnn3c2C)c1C. The van der Waals surface area contributed by atoms with Gasteiger partial charge in [0.05, 0.1) is 0 Å². The number of ether oxygens (including phenoxy) is 1. The Kier molecular flexibility index (Phi) is 5.91. The van der Waals surface area contributed by atoms with Gasteiger partial charge < -0.3 is 9.30 Å². The minimum atomic E-state index is -0.421. The lowest BCUT2D eigenvalue weighted by Gasteiger charge is -2.10. The van der Waals surface area contributed by atoms with Gasteiger partial charge in [-0.1, -0.05) is 6.08 Å². The third-order valence-corrected chi connectivity index (χ3v) is 5.12. The molecule has 0 unspecified atom stereocenters. The molecule has 0 saturated carbocycles. The van der Waals surface area contributed by atoms with Crippen LogP contribution in [0.2, 0.25) is 0 Å². The largest absolute Gasteiger partial charge is 0.457 e. The number of hydrogen-bond acceptors (Lipinski definition) is 6. The Balaban J connectivity index is 1.60. The number of rotatable bonds is 8. The normalized spacial score (nSPS) is 11.0. The number of Topliss-reactive ketones (excluding diaryl/α,β-unsaturated/α-hetero) is 1. The molecule has 3 heterocycles. The fraction of sp³-hybridized carbons (Fsp3) is 0.381. The molecule has 3 rings (SSSR count). The fourth-order valence-electron chi connectivity index (χ4n) is 3.53. The molecule has 0 aliphatic rings. The molecule has 0 aliphatic heterocycles. The molecule has 0 bridgehead atoms. The van der Waals surface area contributed by atoms with Gasteiger partial charge in [-0.25, -0.2) is 9.50 Å². The first-order valence-corrected chi connectivity index (χ1v) is 9.45. The Labute approximate surface area is 169 Å². The van der Waals surface area contributed by atoms with Crippen LogP contribution in [0.1, 0.15) is 45.1 Å². The summed E-state index contributed by atoms with van der Waals surface area (Å²) < 4.78 is 8.87. The number of ketones is 1. The Morgan fingerprint density at radius 1 is 1.21 bits per heavy atom. The van der Waals surface area contributed by atoms with Crippen molar-refractivity contribution in [3.8, 4) is 0 Å². The lowest BCUT2D eigenvalue weighted by molar-refractivity contribution is -0.142. The van der Waals surface area contributed by atoms with E-state index in [9.17, 15) is 9.59 Å². The number of nitrogens with zero attached hydrogens (tertiary/aromatic N) is 5. The molecule has 0 saturated heterocycles. The Hall–Kier alpha value is -3.29. The fourth-order valence-corrected chi connectivity index (χ4v) is 3.53. The van der Waals surface area contributed by atoms with Crippen LogP contribution in [-0.2, 0) is 22.5 Å². The summed E-state index contributed by atoms with van der Waals surface area (Å²) in [6.45, 7) is 11.7. The van der Waals surface area contributed by atoms with Crippen LogP contribution >= 0.6 is 0 Å². The molecule has 8 nitrogen and oxygen atoms in total. The zero-order valence-corrected chi connectivity index (χ0v) is 17.2. The molecule has 0 radical (unpaired) electrons. The zero-order chi connectivity index (χ0) is 21.1. The molecule has 0 aromatic carbocycles. The quantitative estimate of drug-likeness (QED) is 0.331. The molecule has 0 spiro atoms. The van der Waals surface area contributed by atoms with E-state index in [1.165, 1.54) is 6.33 Å². The maximum Gasteiger partial charge on any atom is 0.306 e. The van der Waals surface area contributed by atoms with Crippen LogP contribution in [-0.4, -0.2) is 42.5 Å². The summed E-state index contributed by atoms with van der Waals surface area (Å²) in [4.78, 5) is 33.2. The molecule has 3 aromatic rings. The average molecular weight is 395 g/mol. The van der Waals surface area contributed by atoms with E-state index in [4.69, 9.17) is 4.74 Å². The molecule has 0 N–H and O–H groups in total. The van der Waals surface area contributed by atoms with Crippen LogP contribution in [0.5, 0.6) is 0 Å². The van der Waals surface area contributed by atoms with Gasteiger partial charge >= 0.3 is 5.97 Å². The monoisotopic (exact) mass is 395 g/mol. The van der Waals surface area contributed by atoms with Crippen LogP contribution in [0.4, 0.5) is 0 Å². The molecule has 0 fully saturated rings. The van der Waals surface area contributed by atoms with E-state index in [-0.39, 0.29) is 18.8 Å². The van der Waals surface area contributed by atoms with Gasteiger partial charge in [-0.15, -0.1) is 6.58 Å². The minimum Gasteiger partial charge on any atom is -0.457 e. The Morgan fingerprint density at radius 2 is 1.97 bits per heavy atom. The van der Waals surface area contributed by atoms with Crippen LogP contribution in [0.25, 0.3) is 5.78 Å². The van der Waals surface area contributed by atoms with Crippen LogP contribution in [0.3, 0.4) is 0 Å². The van der Waals surface area contributed by atoms with Crippen molar-refractivity contribution in [1.29, 1.82) is 0 Å². The predicted octanol–water partition coefficient (Wildman–Crippen LogP) is 2.70. The van der Waals surface area contributed by atoms with Gasteiger partial charge in [0, 0.05) is 41.3 Å².